The first-order valence-corrected chi connectivity index (χ1v) is 10.9. The van der Waals surface area contributed by atoms with Gasteiger partial charge in [-0.15, -0.1) is 0 Å². The van der Waals surface area contributed by atoms with Crippen molar-refractivity contribution < 1.29 is 8.78 Å². The van der Waals surface area contributed by atoms with Crippen molar-refractivity contribution in [1.29, 1.82) is 0 Å². The summed E-state index contributed by atoms with van der Waals surface area (Å²) in [6.45, 7) is 5.39. The van der Waals surface area contributed by atoms with E-state index in [9.17, 15) is 8.78 Å². The van der Waals surface area contributed by atoms with Gasteiger partial charge in [-0.2, -0.15) is 5.10 Å². The highest BCUT2D eigenvalue weighted by Crippen LogP contribution is 2.29. The van der Waals surface area contributed by atoms with Gasteiger partial charge in [-0.3, -0.25) is 10.00 Å². The molecule has 8 heteroatoms. The molecule has 0 bridgehead atoms. The van der Waals surface area contributed by atoms with E-state index in [-0.39, 0.29) is 22.7 Å². The van der Waals surface area contributed by atoms with E-state index in [1.165, 1.54) is 6.07 Å². The highest BCUT2D eigenvalue weighted by molar-refractivity contribution is 6.30. The molecule has 2 aromatic heterocycles. The zero-order valence-corrected chi connectivity index (χ0v) is 18.4. The lowest BCUT2D eigenvalue weighted by atomic mass is 9.87. The molecule has 3 aromatic rings. The van der Waals surface area contributed by atoms with Crippen LogP contribution >= 0.6 is 11.6 Å². The van der Waals surface area contributed by atoms with Gasteiger partial charge in [-0.1, -0.05) is 23.7 Å². The first kappa shape index (κ1) is 21.7. The van der Waals surface area contributed by atoms with E-state index in [2.05, 4.69) is 32.3 Å². The van der Waals surface area contributed by atoms with Gasteiger partial charge in [0, 0.05) is 29.9 Å². The molecule has 0 unspecified atom stereocenters. The maximum absolute atomic E-state index is 14.4. The van der Waals surface area contributed by atoms with Crippen LogP contribution in [0.15, 0.2) is 36.4 Å². The second kappa shape index (κ2) is 9.32. The van der Waals surface area contributed by atoms with Crippen molar-refractivity contribution in [2.24, 2.45) is 5.92 Å². The fourth-order valence-corrected chi connectivity index (χ4v) is 4.41. The molecule has 4 rings (SSSR count). The van der Waals surface area contributed by atoms with Gasteiger partial charge < -0.3 is 5.32 Å². The topological polar surface area (TPSA) is 56.8 Å². The van der Waals surface area contributed by atoms with Gasteiger partial charge in [0.15, 0.2) is 5.82 Å². The molecule has 1 aliphatic rings. The quantitative estimate of drug-likeness (QED) is 0.516. The van der Waals surface area contributed by atoms with Crippen LogP contribution in [-0.4, -0.2) is 32.7 Å². The molecular weight excluding hydrogens is 420 g/mol. The third-order valence-electron chi connectivity index (χ3n) is 5.89. The number of aromatic amines is 1. The van der Waals surface area contributed by atoms with Crippen molar-refractivity contribution >= 4 is 23.2 Å². The Bertz CT molecular complexity index is 1050. The molecule has 1 fully saturated rings. The molecule has 0 aliphatic carbocycles. The molecule has 1 aliphatic heterocycles. The second-order valence-corrected chi connectivity index (χ2v) is 8.72. The van der Waals surface area contributed by atoms with Crippen molar-refractivity contribution in [3.63, 3.8) is 0 Å². The number of nitrogens with one attached hydrogen (secondary N) is 2. The molecule has 2 N–H and O–H groups in total. The SMILES string of the molecule is Cc1cc(Nc2ccc(F)c(C[C@H]3CCN(Cc4cccc(Cl)c4F)[C@H](C)C3)n2)n[nH]1. The van der Waals surface area contributed by atoms with Gasteiger partial charge in [0.2, 0.25) is 0 Å². The van der Waals surface area contributed by atoms with Crippen molar-refractivity contribution in [3.05, 3.63) is 70.0 Å². The Hall–Kier alpha value is -2.51. The third-order valence-corrected chi connectivity index (χ3v) is 6.18. The van der Waals surface area contributed by atoms with Crippen molar-refractivity contribution in [1.82, 2.24) is 20.1 Å². The lowest BCUT2D eigenvalue weighted by molar-refractivity contribution is 0.113. The van der Waals surface area contributed by atoms with Crippen LogP contribution in [0.5, 0.6) is 0 Å². The van der Waals surface area contributed by atoms with E-state index >= 15 is 0 Å². The van der Waals surface area contributed by atoms with Crippen LogP contribution in [0, 0.1) is 24.5 Å². The van der Waals surface area contributed by atoms with Crippen LogP contribution in [0.25, 0.3) is 0 Å². The minimum atomic E-state index is -0.346. The zero-order valence-electron chi connectivity index (χ0n) is 17.6. The minimum absolute atomic E-state index is 0.153. The number of anilines is 2. The van der Waals surface area contributed by atoms with Crippen LogP contribution in [0.3, 0.4) is 0 Å². The van der Waals surface area contributed by atoms with Crippen LogP contribution in [-0.2, 0) is 13.0 Å². The summed E-state index contributed by atoms with van der Waals surface area (Å²) in [4.78, 5) is 6.74. The van der Waals surface area contributed by atoms with Crippen molar-refractivity contribution in [2.45, 2.75) is 45.7 Å². The third kappa shape index (κ3) is 5.22. The summed E-state index contributed by atoms with van der Waals surface area (Å²) in [5.74, 6) is 0.906. The number of benzene rings is 1. The highest BCUT2D eigenvalue weighted by atomic mass is 35.5. The number of rotatable bonds is 6. The summed E-state index contributed by atoms with van der Waals surface area (Å²) >= 11 is 5.91. The molecule has 5 nitrogen and oxygen atoms in total. The summed E-state index contributed by atoms with van der Waals surface area (Å²) < 4.78 is 28.7. The van der Waals surface area contributed by atoms with E-state index in [1.54, 1.807) is 24.3 Å². The summed E-state index contributed by atoms with van der Waals surface area (Å²) in [6, 6.07) is 10.3. The van der Waals surface area contributed by atoms with Crippen molar-refractivity contribution in [3.8, 4) is 0 Å². The monoisotopic (exact) mass is 445 g/mol. The molecule has 0 amide bonds. The molecule has 1 saturated heterocycles. The van der Waals surface area contributed by atoms with Crippen LogP contribution < -0.4 is 5.32 Å². The number of pyridine rings is 1. The van der Waals surface area contributed by atoms with E-state index in [1.807, 2.05) is 13.0 Å². The van der Waals surface area contributed by atoms with E-state index in [4.69, 9.17) is 11.6 Å². The smallest absolute Gasteiger partial charge is 0.153 e. The maximum Gasteiger partial charge on any atom is 0.153 e. The molecule has 2 atom stereocenters. The fraction of sp³-hybridized carbons (Fsp3) is 0.391. The Kier molecular flexibility index (Phi) is 6.53. The van der Waals surface area contributed by atoms with Crippen LogP contribution in [0.1, 0.15) is 36.7 Å². The number of nitrogens with zero attached hydrogens (tertiary/aromatic N) is 3. The summed E-state index contributed by atoms with van der Waals surface area (Å²) in [7, 11) is 0. The summed E-state index contributed by atoms with van der Waals surface area (Å²) in [6.07, 6.45) is 2.38. The number of hydrogen-bond acceptors (Lipinski definition) is 4. The average Bonchev–Trinajstić information content (AvgIpc) is 3.14. The standard InChI is InChI=1S/C23H26ClF2N5/c1-14-10-22(30-29-14)28-21-7-6-19(25)20(27-21)12-16-8-9-31(15(2)11-16)13-17-4-3-5-18(24)23(17)26/h3-7,10,15-16H,8-9,11-13H2,1-2H3,(H2,27,28,29,30)/t15-,16+/m1/s1. The molecule has 0 radical (unpaired) electrons. The summed E-state index contributed by atoms with van der Waals surface area (Å²) in [5, 5.41) is 10.3. The van der Waals surface area contributed by atoms with E-state index in [0.717, 1.165) is 25.1 Å². The number of halogens is 3. The van der Waals surface area contributed by atoms with Gasteiger partial charge in [0.25, 0.3) is 0 Å². The fourth-order valence-electron chi connectivity index (χ4n) is 4.21. The predicted molar refractivity (Wildman–Crippen MR) is 119 cm³/mol. The second-order valence-electron chi connectivity index (χ2n) is 8.31. The first-order valence-electron chi connectivity index (χ1n) is 10.5. The maximum atomic E-state index is 14.4. The molecule has 0 spiro atoms. The highest BCUT2D eigenvalue weighted by Gasteiger charge is 2.27. The van der Waals surface area contributed by atoms with Gasteiger partial charge >= 0.3 is 0 Å². The first-order chi connectivity index (χ1) is 14.9. The zero-order chi connectivity index (χ0) is 22.0. The summed E-state index contributed by atoms with van der Waals surface area (Å²) in [5.41, 5.74) is 2.00. The van der Waals surface area contributed by atoms with Crippen LogP contribution in [0.4, 0.5) is 20.4 Å². The normalized spacial score (nSPS) is 19.5. The van der Waals surface area contributed by atoms with E-state index in [0.29, 0.717) is 41.8 Å². The molecule has 3 heterocycles. The molecule has 1 aromatic carbocycles. The number of likely N-dealkylation sites (tertiary alicyclic amines) is 1. The number of piperidine rings is 1. The largest absolute Gasteiger partial charge is 0.323 e. The predicted octanol–water partition coefficient (Wildman–Crippen LogP) is 5.63. The molecule has 164 valence electrons. The van der Waals surface area contributed by atoms with Gasteiger partial charge in [-0.05, 0) is 63.8 Å². The Morgan fingerprint density at radius 2 is 2.06 bits per heavy atom. The lowest BCUT2D eigenvalue weighted by Crippen LogP contribution is -2.41. The average molecular weight is 446 g/mol. The number of aromatic nitrogens is 3. The Labute approximate surface area is 185 Å². The number of H-pyrrole nitrogens is 1. The lowest BCUT2D eigenvalue weighted by Gasteiger charge is -2.37. The van der Waals surface area contributed by atoms with Gasteiger partial charge in [-0.25, -0.2) is 13.8 Å². The Balaban J connectivity index is 1.38. The molecular formula is C23H26ClF2N5. The van der Waals surface area contributed by atoms with E-state index < -0.39 is 0 Å². The number of hydrogen-bond donors (Lipinski definition) is 2. The molecule has 0 saturated carbocycles. The van der Waals surface area contributed by atoms with Gasteiger partial charge in [0.1, 0.15) is 17.5 Å². The van der Waals surface area contributed by atoms with Crippen molar-refractivity contribution in [2.75, 3.05) is 11.9 Å². The number of aryl methyl sites for hydroxylation is 1. The Morgan fingerprint density at radius 3 is 2.81 bits per heavy atom. The minimum Gasteiger partial charge on any atom is -0.323 e. The Morgan fingerprint density at radius 1 is 1.23 bits per heavy atom. The molecule has 31 heavy (non-hydrogen) atoms. The van der Waals surface area contributed by atoms with Crippen LogP contribution in [0.2, 0.25) is 5.02 Å². The van der Waals surface area contributed by atoms with Gasteiger partial charge in [0.05, 0.1) is 10.7 Å².